The summed E-state index contributed by atoms with van der Waals surface area (Å²) in [5.41, 5.74) is 4.95. The molecule has 0 N–H and O–H groups in total. The number of pyridine rings is 1. The van der Waals surface area contributed by atoms with Crippen molar-refractivity contribution in [1.29, 1.82) is 5.26 Å². The fourth-order valence-electron chi connectivity index (χ4n) is 4.88. The van der Waals surface area contributed by atoms with E-state index in [1.807, 2.05) is 0 Å². The molecule has 5 rings (SSSR count). The zero-order valence-corrected chi connectivity index (χ0v) is 17.3. The summed E-state index contributed by atoms with van der Waals surface area (Å²) < 4.78 is 13.5. The molecule has 1 aromatic carbocycles. The van der Waals surface area contributed by atoms with Gasteiger partial charge in [0, 0.05) is 36.6 Å². The van der Waals surface area contributed by atoms with E-state index in [1.165, 1.54) is 18.5 Å². The summed E-state index contributed by atoms with van der Waals surface area (Å²) in [6.07, 6.45) is 8.61. The number of nitriles is 1. The molecule has 2 fully saturated rings. The van der Waals surface area contributed by atoms with Crippen molar-refractivity contribution in [1.82, 2.24) is 9.55 Å². The largest absolute Gasteiger partial charge is 0.480 e. The summed E-state index contributed by atoms with van der Waals surface area (Å²) >= 11 is 0. The maximum Gasteiger partial charge on any atom is 0.223 e. The van der Waals surface area contributed by atoms with Gasteiger partial charge in [-0.3, -0.25) is 0 Å². The van der Waals surface area contributed by atoms with E-state index in [9.17, 15) is 5.26 Å². The van der Waals surface area contributed by atoms with Gasteiger partial charge in [0.1, 0.15) is 6.07 Å². The summed E-state index contributed by atoms with van der Waals surface area (Å²) in [6.45, 7) is 3.32. The van der Waals surface area contributed by atoms with Crippen molar-refractivity contribution in [2.45, 2.75) is 31.7 Å². The smallest absolute Gasteiger partial charge is 0.223 e. The van der Waals surface area contributed by atoms with Crippen molar-refractivity contribution < 1.29 is 9.47 Å². The number of fused-ring (bicyclic) bond motifs is 1. The van der Waals surface area contributed by atoms with Crippen LogP contribution in [0.1, 0.15) is 37.3 Å². The van der Waals surface area contributed by atoms with Crippen molar-refractivity contribution in [3.8, 4) is 23.1 Å². The third kappa shape index (κ3) is 3.20. The van der Waals surface area contributed by atoms with Crippen LogP contribution in [-0.2, 0) is 4.74 Å². The number of hydrogen-bond donors (Lipinski definition) is 0. The molecular weight excluding hydrogens is 376 g/mol. The van der Waals surface area contributed by atoms with Crippen LogP contribution < -0.4 is 9.64 Å². The lowest BCUT2D eigenvalue weighted by molar-refractivity contribution is 0.122. The quantitative estimate of drug-likeness (QED) is 0.641. The highest BCUT2D eigenvalue weighted by molar-refractivity contribution is 6.02. The first-order chi connectivity index (χ1) is 14.8. The van der Waals surface area contributed by atoms with E-state index in [2.05, 4.69) is 51.0 Å². The third-order valence-electron chi connectivity index (χ3n) is 6.38. The van der Waals surface area contributed by atoms with E-state index in [4.69, 9.17) is 9.47 Å². The lowest BCUT2D eigenvalue weighted by Gasteiger charge is -2.29. The Bertz CT molecular complexity index is 1100. The van der Waals surface area contributed by atoms with Gasteiger partial charge in [-0.05, 0) is 30.5 Å². The minimum absolute atomic E-state index is 0.419. The topological polar surface area (TPSA) is 63.3 Å². The van der Waals surface area contributed by atoms with Gasteiger partial charge < -0.3 is 18.9 Å². The van der Waals surface area contributed by atoms with Gasteiger partial charge in [-0.1, -0.05) is 25.0 Å². The fraction of sp³-hybridized carbons (Fsp3) is 0.417. The molecule has 30 heavy (non-hydrogen) atoms. The molecular formula is C24H26N4O2. The highest BCUT2D eigenvalue weighted by Crippen LogP contribution is 2.42. The number of anilines is 1. The molecule has 1 saturated carbocycles. The number of nitrogens with zero attached hydrogens (tertiary/aromatic N) is 4. The monoisotopic (exact) mass is 402 g/mol. The second-order valence-electron chi connectivity index (χ2n) is 8.05. The van der Waals surface area contributed by atoms with Crippen LogP contribution in [0.15, 0.2) is 36.7 Å². The molecule has 0 radical (unpaired) electrons. The first-order valence-corrected chi connectivity index (χ1v) is 10.7. The van der Waals surface area contributed by atoms with E-state index in [1.54, 1.807) is 13.3 Å². The SMILES string of the molecule is COc1ncc(C#N)c2c1c(-c1cccc(N3CCOCC3)c1)cn2C1CCCC1. The number of aromatic nitrogens is 2. The maximum atomic E-state index is 9.80. The van der Waals surface area contributed by atoms with Gasteiger partial charge in [-0.25, -0.2) is 4.98 Å². The summed E-state index contributed by atoms with van der Waals surface area (Å²) in [4.78, 5) is 6.81. The van der Waals surface area contributed by atoms with Gasteiger partial charge in [0.25, 0.3) is 0 Å². The van der Waals surface area contributed by atoms with Crippen molar-refractivity contribution in [3.05, 3.63) is 42.2 Å². The Morgan fingerprint density at radius 3 is 2.73 bits per heavy atom. The maximum absolute atomic E-state index is 9.80. The highest BCUT2D eigenvalue weighted by atomic mass is 16.5. The summed E-state index contributed by atoms with van der Waals surface area (Å²) in [5.74, 6) is 0.576. The fourth-order valence-corrected chi connectivity index (χ4v) is 4.88. The molecule has 0 amide bonds. The lowest BCUT2D eigenvalue weighted by atomic mass is 10.0. The number of benzene rings is 1. The molecule has 0 spiro atoms. The van der Waals surface area contributed by atoms with Gasteiger partial charge in [-0.15, -0.1) is 0 Å². The molecule has 1 aliphatic heterocycles. The van der Waals surface area contributed by atoms with Crippen LogP contribution in [0.5, 0.6) is 5.88 Å². The second-order valence-corrected chi connectivity index (χ2v) is 8.05. The van der Waals surface area contributed by atoms with Crippen LogP contribution in [-0.4, -0.2) is 43.0 Å². The van der Waals surface area contributed by atoms with Crippen molar-refractivity contribution in [3.63, 3.8) is 0 Å². The minimum Gasteiger partial charge on any atom is -0.480 e. The first-order valence-electron chi connectivity index (χ1n) is 10.7. The molecule has 0 bridgehead atoms. The Morgan fingerprint density at radius 2 is 2.00 bits per heavy atom. The van der Waals surface area contributed by atoms with Gasteiger partial charge in [0.2, 0.25) is 5.88 Å². The number of rotatable bonds is 4. The molecule has 6 heteroatoms. The molecule has 3 aromatic rings. The van der Waals surface area contributed by atoms with E-state index in [-0.39, 0.29) is 0 Å². The predicted molar refractivity (Wildman–Crippen MR) is 117 cm³/mol. The van der Waals surface area contributed by atoms with Crippen LogP contribution in [0.4, 0.5) is 5.69 Å². The molecule has 0 atom stereocenters. The van der Waals surface area contributed by atoms with E-state index in [0.717, 1.165) is 61.2 Å². The van der Waals surface area contributed by atoms with Crippen LogP contribution in [0.25, 0.3) is 22.0 Å². The van der Waals surface area contributed by atoms with Gasteiger partial charge in [0.15, 0.2) is 0 Å². The Hall–Kier alpha value is -3.04. The molecule has 1 aliphatic carbocycles. The minimum atomic E-state index is 0.419. The first kappa shape index (κ1) is 19.0. The van der Waals surface area contributed by atoms with Crippen LogP contribution in [0.3, 0.4) is 0 Å². The average Bonchev–Trinajstić information content (AvgIpc) is 3.47. The predicted octanol–water partition coefficient (Wildman–Crippen LogP) is 4.54. The number of ether oxygens (including phenoxy) is 2. The highest BCUT2D eigenvalue weighted by Gasteiger charge is 2.25. The standard InChI is InChI=1S/C24H26N4O2/c1-29-24-22-21(17-5-4-8-20(13-17)27-9-11-30-12-10-27)16-28(19-6-2-3-7-19)23(22)18(14-25)15-26-24/h4-5,8,13,15-16,19H,2-3,6-7,9-12H2,1H3. The Kier molecular flexibility index (Phi) is 5.06. The van der Waals surface area contributed by atoms with Gasteiger partial charge in [0.05, 0.1) is 43.0 Å². The average molecular weight is 402 g/mol. The van der Waals surface area contributed by atoms with Crippen molar-refractivity contribution >= 4 is 16.6 Å². The Balaban J connectivity index is 1.70. The Labute approximate surface area is 176 Å². The second kappa shape index (κ2) is 8.00. The lowest BCUT2D eigenvalue weighted by Crippen LogP contribution is -2.36. The van der Waals surface area contributed by atoms with E-state index in [0.29, 0.717) is 17.5 Å². The molecule has 3 heterocycles. The molecule has 6 nitrogen and oxygen atoms in total. The molecule has 0 unspecified atom stereocenters. The molecule has 1 saturated heterocycles. The van der Waals surface area contributed by atoms with Crippen molar-refractivity contribution in [2.24, 2.45) is 0 Å². The Morgan fingerprint density at radius 1 is 1.20 bits per heavy atom. The molecule has 2 aromatic heterocycles. The number of hydrogen-bond acceptors (Lipinski definition) is 5. The van der Waals surface area contributed by atoms with E-state index < -0.39 is 0 Å². The summed E-state index contributed by atoms with van der Waals surface area (Å²) in [7, 11) is 1.65. The normalized spacial score (nSPS) is 17.4. The summed E-state index contributed by atoms with van der Waals surface area (Å²) in [5, 5.41) is 10.7. The van der Waals surface area contributed by atoms with Crippen LogP contribution >= 0.6 is 0 Å². The zero-order chi connectivity index (χ0) is 20.5. The van der Waals surface area contributed by atoms with Gasteiger partial charge >= 0.3 is 0 Å². The molecule has 154 valence electrons. The summed E-state index contributed by atoms with van der Waals surface area (Å²) in [6, 6.07) is 11.4. The number of methoxy groups -OCH3 is 1. The van der Waals surface area contributed by atoms with Crippen molar-refractivity contribution in [2.75, 3.05) is 38.3 Å². The molecule has 2 aliphatic rings. The zero-order valence-electron chi connectivity index (χ0n) is 17.3. The third-order valence-corrected chi connectivity index (χ3v) is 6.38. The van der Waals surface area contributed by atoms with Gasteiger partial charge in [-0.2, -0.15) is 5.26 Å². The van der Waals surface area contributed by atoms with E-state index >= 15 is 0 Å². The van der Waals surface area contributed by atoms with Crippen LogP contribution in [0, 0.1) is 11.3 Å². The van der Waals surface area contributed by atoms with Crippen LogP contribution in [0.2, 0.25) is 0 Å². The number of morpholine rings is 1.